The van der Waals surface area contributed by atoms with Gasteiger partial charge in [0, 0.05) is 24.7 Å². The number of nitrogens with zero attached hydrogens (tertiary/aromatic N) is 2. The fourth-order valence-corrected chi connectivity index (χ4v) is 3.20. The predicted octanol–water partition coefficient (Wildman–Crippen LogP) is 3.97. The third-order valence-electron chi connectivity index (χ3n) is 3.81. The van der Waals surface area contributed by atoms with Crippen LogP contribution in [0.5, 0.6) is 0 Å². The van der Waals surface area contributed by atoms with Crippen molar-refractivity contribution < 1.29 is 4.74 Å². The molecule has 0 bridgehead atoms. The molecule has 0 spiro atoms. The number of aromatic nitrogens is 2. The van der Waals surface area contributed by atoms with E-state index in [0.717, 1.165) is 30.0 Å². The quantitative estimate of drug-likeness (QED) is 0.718. The van der Waals surface area contributed by atoms with E-state index in [1.54, 1.807) is 0 Å². The van der Waals surface area contributed by atoms with E-state index < -0.39 is 0 Å². The molecule has 0 fully saturated rings. The zero-order valence-electron chi connectivity index (χ0n) is 14.4. The zero-order chi connectivity index (χ0) is 17.5. The summed E-state index contributed by atoms with van der Waals surface area (Å²) in [7, 11) is 1.89. The minimum atomic E-state index is -0.0487. The van der Waals surface area contributed by atoms with Gasteiger partial charge < -0.3 is 10.1 Å². The van der Waals surface area contributed by atoms with Gasteiger partial charge in [-0.3, -0.25) is 4.57 Å². The Bertz CT molecular complexity index is 687. The molecule has 1 aromatic heterocycles. The second-order valence-corrected chi connectivity index (χ2v) is 6.31. The molecule has 1 aromatic carbocycles. The first-order chi connectivity index (χ1) is 11.6. The van der Waals surface area contributed by atoms with Crippen LogP contribution in [0.25, 0.3) is 5.69 Å². The zero-order valence-corrected chi connectivity index (χ0v) is 16.0. The van der Waals surface area contributed by atoms with E-state index >= 15 is 0 Å². The van der Waals surface area contributed by atoms with Crippen LogP contribution in [-0.2, 0) is 17.6 Å². The van der Waals surface area contributed by atoms with Crippen molar-refractivity contribution >= 4 is 28.9 Å². The average Bonchev–Trinajstić information content (AvgIpc) is 2.96. The lowest BCUT2D eigenvalue weighted by Crippen LogP contribution is -2.37. The molecule has 2 aromatic rings. The molecule has 4 nitrogen and oxygen atoms in total. The summed E-state index contributed by atoms with van der Waals surface area (Å²) >= 11 is 11.8. The lowest BCUT2D eigenvalue weighted by atomic mass is 10.1. The van der Waals surface area contributed by atoms with Crippen LogP contribution in [0.15, 0.2) is 30.5 Å². The largest absolute Gasteiger partial charge is 0.486 e. The Morgan fingerprint density at radius 3 is 2.75 bits per heavy atom. The van der Waals surface area contributed by atoms with E-state index in [-0.39, 0.29) is 6.04 Å². The van der Waals surface area contributed by atoms with E-state index in [1.165, 1.54) is 0 Å². The summed E-state index contributed by atoms with van der Waals surface area (Å²) in [6.45, 7) is 4.65. The molecule has 1 heterocycles. The van der Waals surface area contributed by atoms with Crippen molar-refractivity contribution in [3.05, 3.63) is 47.0 Å². The summed E-state index contributed by atoms with van der Waals surface area (Å²) in [6.07, 6.45) is 4.52. The second-order valence-electron chi connectivity index (χ2n) is 5.50. The standard InChI is InChI=1S/C18H24ClN3OS/c1-4-8-17-21-12-13(11-15(20-3)18(24)23-5-2)22(17)16-10-7-6-9-14(16)19/h6-7,9-10,12,15,20H,4-5,8,11H2,1-3H3/t15-/m0/s1. The van der Waals surface area contributed by atoms with Gasteiger partial charge in [0.1, 0.15) is 5.82 Å². The summed E-state index contributed by atoms with van der Waals surface area (Å²) in [4.78, 5) is 4.61. The molecule has 2 rings (SSSR count). The molecular formula is C18H24ClN3OS. The van der Waals surface area contributed by atoms with Gasteiger partial charge in [-0.1, -0.05) is 30.7 Å². The van der Waals surface area contributed by atoms with E-state index in [4.69, 9.17) is 28.6 Å². The summed E-state index contributed by atoms with van der Waals surface area (Å²) in [5.74, 6) is 1.01. The number of rotatable bonds is 8. The molecule has 0 amide bonds. The maximum atomic E-state index is 6.43. The topological polar surface area (TPSA) is 39.1 Å². The highest BCUT2D eigenvalue weighted by Crippen LogP contribution is 2.24. The number of benzene rings is 1. The molecule has 0 radical (unpaired) electrons. The number of hydrogen-bond donors (Lipinski definition) is 1. The van der Waals surface area contributed by atoms with E-state index in [1.807, 2.05) is 44.4 Å². The van der Waals surface area contributed by atoms with Gasteiger partial charge in [-0.25, -0.2) is 4.98 Å². The van der Waals surface area contributed by atoms with Gasteiger partial charge in [0.05, 0.1) is 23.4 Å². The highest BCUT2D eigenvalue weighted by atomic mass is 35.5. The van der Waals surface area contributed by atoms with Crippen molar-refractivity contribution in [2.24, 2.45) is 0 Å². The minimum absolute atomic E-state index is 0.0487. The van der Waals surface area contributed by atoms with Crippen LogP contribution in [0.3, 0.4) is 0 Å². The molecule has 0 aliphatic heterocycles. The highest BCUT2D eigenvalue weighted by molar-refractivity contribution is 7.80. The third kappa shape index (κ3) is 4.35. The van der Waals surface area contributed by atoms with Crippen LogP contribution in [-0.4, -0.2) is 34.3 Å². The molecule has 0 aliphatic carbocycles. The minimum Gasteiger partial charge on any atom is -0.486 e. The Kier molecular flexibility index (Phi) is 7.21. The number of thiocarbonyl (C=S) groups is 1. The van der Waals surface area contributed by atoms with Gasteiger partial charge in [-0.15, -0.1) is 0 Å². The predicted molar refractivity (Wildman–Crippen MR) is 103 cm³/mol. The molecule has 6 heteroatoms. The number of halogens is 1. The van der Waals surface area contributed by atoms with Gasteiger partial charge >= 0.3 is 0 Å². The number of aryl methyl sites for hydroxylation is 1. The van der Waals surface area contributed by atoms with Crippen molar-refractivity contribution in [2.45, 2.75) is 39.2 Å². The van der Waals surface area contributed by atoms with Gasteiger partial charge in [-0.05, 0) is 44.7 Å². The number of nitrogens with one attached hydrogen (secondary N) is 1. The van der Waals surface area contributed by atoms with Crippen molar-refractivity contribution in [1.29, 1.82) is 0 Å². The van der Waals surface area contributed by atoms with Crippen LogP contribution < -0.4 is 5.32 Å². The molecule has 0 saturated heterocycles. The summed E-state index contributed by atoms with van der Waals surface area (Å²) in [5.41, 5.74) is 2.01. The molecule has 130 valence electrons. The second kappa shape index (κ2) is 9.16. The van der Waals surface area contributed by atoms with E-state index in [2.05, 4.69) is 21.8 Å². The van der Waals surface area contributed by atoms with Crippen LogP contribution >= 0.6 is 23.8 Å². The maximum absolute atomic E-state index is 6.43. The lowest BCUT2D eigenvalue weighted by molar-refractivity contribution is 0.315. The SMILES string of the molecule is CCCc1ncc(C[C@H](NC)C(=S)OCC)n1-c1ccccc1Cl. The molecule has 24 heavy (non-hydrogen) atoms. The number of para-hydroxylation sites is 1. The summed E-state index contributed by atoms with van der Waals surface area (Å²) in [5, 5.41) is 4.51. The number of ether oxygens (including phenoxy) is 1. The van der Waals surface area contributed by atoms with Crippen molar-refractivity contribution in [3.8, 4) is 5.69 Å². The summed E-state index contributed by atoms with van der Waals surface area (Å²) in [6, 6.07) is 7.79. The Labute approximate surface area is 154 Å². The Morgan fingerprint density at radius 2 is 2.12 bits per heavy atom. The van der Waals surface area contributed by atoms with Gasteiger partial charge in [0.2, 0.25) is 0 Å². The monoisotopic (exact) mass is 365 g/mol. The van der Waals surface area contributed by atoms with Crippen molar-refractivity contribution in [2.75, 3.05) is 13.7 Å². The Morgan fingerprint density at radius 1 is 1.38 bits per heavy atom. The van der Waals surface area contributed by atoms with Crippen molar-refractivity contribution in [3.63, 3.8) is 0 Å². The first-order valence-corrected chi connectivity index (χ1v) is 9.05. The number of likely N-dealkylation sites (N-methyl/N-ethyl adjacent to an activating group) is 1. The maximum Gasteiger partial charge on any atom is 0.177 e. The van der Waals surface area contributed by atoms with Crippen LogP contribution in [0.1, 0.15) is 31.8 Å². The van der Waals surface area contributed by atoms with Gasteiger partial charge in [-0.2, -0.15) is 0 Å². The smallest absolute Gasteiger partial charge is 0.177 e. The molecule has 0 unspecified atom stereocenters. The lowest BCUT2D eigenvalue weighted by Gasteiger charge is -2.19. The van der Waals surface area contributed by atoms with E-state index in [9.17, 15) is 0 Å². The summed E-state index contributed by atoms with van der Waals surface area (Å²) < 4.78 is 7.65. The molecular weight excluding hydrogens is 342 g/mol. The Balaban J connectivity index is 2.40. The van der Waals surface area contributed by atoms with E-state index in [0.29, 0.717) is 23.1 Å². The number of imidazole rings is 1. The average molecular weight is 366 g/mol. The first-order valence-electron chi connectivity index (χ1n) is 8.26. The van der Waals surface area contributed by atoms with Gasteiger partial charge in [0.15, 0.2) is 5.05 Å². The van der Waals surface area contributed by atoms with Crippen LogP contribution in [0, 0.1) is 0 Å². The molecule has 0 saturated carbocycles. The molecule has 1 N–H and O–H groups in total. The van der Waals surface area contributed by atoms with Crippen LogP contribution in [0.2, 0.25) is 5.02 Å². The van der Waals surface area contributed by atoms with Gasteiger partial charge in [0.25, 0.3) is 0 Å². The Hall–Kier alpha value is -1.43. The fourth-order valence-electron chi connectivity index (χ4n) is 2.66. The van der Waals surface area contributed by atoms with Crippen LogP contribution in [0.4, 0.5) is 0 Å². The molecule has 0 aliphatic rings. The molecule has 1 atom stereocenters. The fraction of sp³-hybridized carbons (Fsp3) is 0.444. The normalized spacial score (nSPS) is 12.2. The third-order valence-corrected chi connectivity index (χ3v) is 4.53. The highest BCUT2D eigenvalue weighted by Gasteiger charge is 2.20. The van der Waals surface area contributed by atoms with Crippen molar-refractivity contribution in [1.82, 2.24) is 14.9 Å². The number of hydrogen-bond acceptors (Lipinski definition) is 4. The first kappa shape index (κ1) is 18.9.